The summed E-state index contributed by atoms with van der Waals surface area (Å²) in [5.41, 5.74) is 4.60. The summed E-state index contributed by atoms with van der Waals surface area (Å²) in [5.74, 6) is 0. The van der Waals surface area contributed by atoms with Gasteiger partial charge in [-0.15, -0.1) is 5.70 Å². The van der Waals surface area contributed by atoms with Crippen LogP contribution in [-0.2, 0) is 4.43 Å². The largest absolute Gasteiger partial charge is 0.416 e. The van der Waals surface area contributed by atoms with Gasteiger partial charge in [0.1, 0.15) is 0 Å². The fourth-order valence-electron chi connectivity index (χ4n) is 0.435. The molecule has 0 unspecified atom stereocenters. The molecule has 1 nitrogen and oxygen atoms in total. The van der Waals surface area contributed by atoms with E-state index in [2.05, 4.69) is 37.6 Å². The van der Waals surface area contributed by atoms with Gasteiger partial charge in [-0.25, -0.2) is 0 Å². The lowest BCUT2D eigenvalue weighted by molar-refractivity contribution is 0.434. The molecule has 0 heterocycles. The molecule has 0 saturated heterocycles. The van der Waals surface area contributed by atoms with Crippen LogP contribution in [-0.4, -0.2) is 24.2 Å². The summed E-state index contributed by atoms with van der Waals surface area (Å²) in [6, 6.07) is 0. The van der Waals surface area contributed by atoms with Crippen molar-refractivity contribution in [2.45, 2.75) is 26.2 Å². The van der Waals surface area contributed by atoms with E-state index < -0.39 is 17.1 Å². The van der Waals surface area contributed by atoms with Crippen LogP contribution in [0.4, 0.5) is 0 Å². The Morgan fingerprint density at radius 1 is 1.30 bits per heavy atom. The highest BCUT2D eigenvalue weighted by Crippen LogP contribution is 2.02. The SMILES string of the molecule is CO[Si](C)C=C[Si](C)(C)C. The average molecular weight is 173 g/mol. The Bertz CT molecular complexity index is 115. The fourth-order valence-corrected chi connectivity index (χ4v) is 3.51. The van der Waals surface area contributed by atoms with Crippen LogP contribution in [0.2, 0.25) is 26.2 Å². The lowest BCUT2D eigenvalue weighted by Gasteiger charge is -2.09. The van der Waals surface area contributed by atoms with Gasteiger partial charge in [0.25, 0.3) is 0 Å². The normalized spacial score (nSPS) is 13.4. The van der Waals surface area contributed by atoms with E-state index in [1.807, 2.05) is 0 Å². The van der Waals surface area contributed by atoms with E-state index in [0.29, 0.717) is 0 Å². The van der Waals surface area contributed by atoms with Crippen LogP contribution in [0.1, 0.15) is 0 Å². The molecule has 10 heavy (non-hydrogen) atoms. The van der Waals surface area contributed by atoms with Gasteiger partial charge in [-0.1, -0.05) is 25.3 Å². The Kier molecular flexibility index (Phi) is 4.16. The maximum absolute atomic E-state index is 5.18. The number of hydrogen-bond donors (Lipinski definition) is 0. The minimum absolute atomic E-state index is 0.608. The van der Waals surface area contributed by atoms with E-state index in [4.69, 9.17) is 4.43 Å². The fraction of sp³-hybridized carbons (Fsp3) is 0.714. The molecule has 0 N–H and O–H groups in total. The van der Waals surface area contributed by atoms with Gasteiger partial charge in [0.05, 0.1) is 8.07 Å². The molecule has 0 aromatic carbocycles. The van der Waals surface area contributed by atoms with Gasteiger partial charge >= 0.3 is 0 Å². The molecule has 0 aromatic rings. The summed E-state index contributed by atoms with van der Waals surface area (Å²) in [5, 5.41) is 0. The monoisotopic (exact) mass is 173 g/mol. The van der Waals surface area contributed by atoms with Crippen LogP contribution < -0.4 is 0 Å². The molecule has 0 aliphatic carbocycles. The first kappa shape index (κ1) is 10.1. The lowest BCUT2D eigenvalue weighted by atomic mass is 11.2. The van der Waals surface area contributed by atoms with Crippen molar-refractivity contribution in [3.05, 3.63) is 11.4 Å². The highest BCUT2D eigenvalue weighted by molar-refractivity contribution is 6.82. The van der Waals surface area contributed by atoms with Gasteiger partial charge in [-0.05, 0) is 6.55 Å². The number of rotatable bonds is 3. The third kappa shape index (κ3) is 6.26. The zero-order chi connectivity index (χ0) is 8.20. The van der Waals surface area contributed by atoms with Gasteiger partial charge in [0.15, 0.2) is 0 Å². The second-order valence-corrected chi connectivity index (χ2v) is 10.5. The van der Waals surface area contributed by atoms with Crippen molar-refractivity contribution in [3.63, 3.8) is 0 Å². The van der Waals surface area contributed by atoms with Crippen LogP contribution in [0.3, 0.4) is 0 Å². The second kappa shape index (κ2) is 4.10. The van der Waals surface area contributed by atoms with E-state index >= 15 is 0 Å². The summed E-state index contributed by atoms with van der Waals surface area (Å²) in [6.07, 6.45) is 0. The molecule has 0 bridgehead atoms. The third-order valence-corrected chi connectivity index (χ3v) is 3.92. The van der Waals surface area contributed by atoms with Gasteiger partial charge in [0.2, 0.25) is 9.04 Å². The molecule has 1 radical (unpaired) electrons. The first-order chi connectivity index (χ1) is 4.45. The van der Waals surface area contributed by atoms with E-state index in [1.54, 1.807) is 7.11 Å². The van der Waals surface area contributed by atoms with Crippen LogP contribution in [0, 0.1) is 0 Å². The van der Waals surface area contributed by atoms with Gasteiger partial charge in [0, 0.05) is 7.11 Å². The first-order valence-electron chi connectivity index (χ1n) is 3.52. The van der Waals surface area contributed by atoms with E-state index in [1.165, 1.54) is 0 Å². The molecule has 59 valence electrons. The van der Waals surface area contributed by atoms with Crippen molar-refractivity contribution in [3.8, 4) is 0 Å². The molecular weight excluding hydrogens is 156 g/mol. The summed E-state index contributed by atoms with van der Waals surface area (Å²) < 4.78 is 5.18. The Morgan fingerprint density at radius 3 is 2.10 bits per heavy atom. The predicted molar refractivity (Wildman–Crippen MR) is 51.1 cm³/mol. The molecule has 0 aliphatic rings. The second-order valence-electron chi connectivity index (χ2n) is 3.51. The van der Waals surface area contributed by atoms with Crippen LogP contribution in [0.15, 0.2) is 11.4 Å². The minimum atomic E-state index is -0.971. The van der Waals surface area contributed by atoms with Gasteiger partial charge in [-0.3, -0.25) is 0 Å². The number of hydrogen-bond acceptors (Lipinski definition) is 1. The molecule has 0 aliphatic heterocycles. The molecule has 0 fully saturated rings. The topological polar surface area (TPSA) is 9.23 Å². The van der Waals surface area contributed by atoms with Crippen LogP contribution >= 0.6 is 0 Å². The molecule has 0 spiro atoms. The van der Waals surface area contributed by atoms with Crippen molar-refractivity contribution < 1.29 is 4.43 Å². The maximum atomic E-state index is 5.18. The zero-order valence-corrected chi connectivity index (χ0v) is 9.56. The Balaban J connectivity index is 3.75. The third-order valence-electron chi connectivity index (χ3n) is 1.14. The highest BCUT2D eigenvalue weighted by Gasteiger charge is 2.08. The standard InChI is InChI=1S/C7H17OSi2/c1-8-9(2)6-7-10(3,4)5/h6-7H,1-5H3. The maximum Gasteiger partial charge on any atom is 0.234 e. The first-order valence-corrected chi connectivity index (χ1v) is 9.09. The lowest BCUT2D eigenvalue weighted by Crippen LogP contribution is -2.18. The van der Waals surface area contributed by atoms with E-state index in [0.717, 1.165) is 0 Å². The highest BCUT2D eigenvalue weighted by atomic mass is 28.3. The molecule has 0 atom stereocenters. The van der Waals surface area contributed by atoms with E-state index in [9.17, 15) is 0 Å². The molecule has 0 rings (SSSR count). The summed E-state index contributed by atoms with van der Waals surface area (Å²) in [4.78, 5) is 0. The molecule has 0 amide bonds. The predicted octanol–water partition coefficient (Wildman–Crippen LogP) is 2.23. The van der Waals surface area contributed by atoms with E-state index in [-0.39, 0.29) is 0 Å². The van der Waals surface area contributed by atoms with Crippen molar-refractivity contribution in [2.24, 2.45) is 0 Å². The Hall–Kier alpha value is 0.134. The quantitative estimate of drug-likeness (QED) is 0.595. The molecular formula is C7H17OSi2. The Labute approximate surface area is 66.8 Å². The van der Waals surface area contributed by atoms with Crippen molar-refractivity contribution >= 4 is 17.1 Å². The van der Waals surface area contributed by atoms with Crippen molar-refractivity contribution in [2.75, 3.05) is 7.11 Å². The Morgan fingerprint density at radius 2 is 1.80 bits per heavy atom. The summed E-state index contributed by atoms with van der Waals surface area (Å²) in [6.45, 7) is 9.14. The minimum Gasteiger partial charge on any atom is -0.416 e. The molecule has 0 saturated carbocycles. The van der Waals surface area contributed by atoms with Crippen molar-refractivity contribution in [1.82, 2.24) is 0 Å². The average Bonchev–Trinajstić information content (AvgIpc) is 1.81. The molecule has 0 aromatic heterocycles. The van der Waals surface area contributed by atoms with Crippen molar-refractivity contribution in [1.29, 1.82) is 0 Å². The smallest absolute Gasteiger partial charge is 0.234 e. The summed E-state index contributed by atoms with van der Waals surface area (Å²) >= 11 is 0. The van der Waals surface area contributed by atoms with Crippen LogP contribution in [0.25, 0.3) is 0 Å². The summed E-state index contributed by atoms with van der Waals surface area (Å²) in [7, 11) is 0.202. The zero-order valence-electron chi connectivity index (χ0n) is 7.56. The van der Waals surface area contributed by atoms with Crippen LogP contribution in [0.5, 0.6) is 0 Å². The van der Waals surface area contributed by atoms with Gasteiger partial charge < -0.3 is 4.43 Å². The molecule has 3 heteroatoms. The van der Waals surface area contributed by atoms with Gasteiger partial charge in [-0.2, -0.15) is 0 Å².